The average molecular weight is 475 g/mol. The summed E-state index contributed by atoms with van der Waals surface area (Å²) in [7, 11) is 0. The van der Waals surface area contributed by atoms with Gasteiger partial charge >= 0.3 is 0 Å². The number of furan rings is 1. The first-order valence-corrected chi connectivity index (χ1v) is 11.5. The predicted molar refractivity (Wildman–Crippen MR) is 132 cm³/mol. The molecule has 33 heavy (non-hydrogen) atoms. The zero-order chi connectivity index (χ0) is 22.8. The molecule has 2 aromatic heterocycles. The maximum atomic E-state index is 13.7. The van der Waals surface area contributed by atoms with Gasteiger partial charge in [-0.15, -0.1) is 0 Å². The molecule has 0 aliphatic rings. The van der Waals surface area contributed by atoms with Crippen LogP contribution in [-0.4, -0.2) is 10.9 Å². The Morgan fingerprint density at radius 3 is 2.61 bits per heavy atom. The van der Waals surface area contributed by atoms with E-state index >= 15 is 0 Å². The number of amides is 1. The normalized spacial score (nSPS) is 11.0. The number of benzene rings is 3. The molecule has 0 radical (unpaired) electrons. The van der Waals surface area contributed by atoms with E-state index in [0.29, 0.717) is 33.0 Å². The number of aromatic nitrogens is 1. The standard InChI is InChI=1S/C26H19ClN2O3S/c1-17-12-13-22(27)24-23(17)28-26(33-24)29(16-21-11-6-14-31-21)25(30)18-7-5-10-20(15-18)32-19-8-3-2-4-9-19/h2-15H,16H2,1H3. The quantitative estimate of drug-likeness (QED) is 0.256. The van der Waals surface area contributed by atoms with Gasteiger partial charge in [0.2, 0.25) is 0 Å². The molecule has 0 atom stereocenters. The summed E-state index contributed by atoms with van der Waals surface area (Å²) in [5, 5.41) is 1.17. The molecular weight excluding hydrogens is 456 g/mol. The Morgan fingerprint density at radius 1 is 1.03 bits per heavy atom. The van der Waals surface area contributed by atoms with Gasteiger partial charge in [-0.3, -0.25) is 9.69 Å². The lowest BCUT2D eigenvalue weighted by Crippen LogP contribution is -2.30. The number of hydrogen-bond acceptors (Lipinski definition) is 5. The monoisotopic (exact) mass is 474 g/mol. The zero-order valence-corrected chi connectivity index (χ0v) is 19.3. The van der Waals surface area contributed by atoms with Gasteiger partial charge < -0.3 is 9.15 Å². The third-order valence-corrected chi connectivity index (χ3v) is 6.65. The number of aryl methyl sites for hydroxylation is 1. The van der Waals surface area contributed by atoms with E-state index in [1.54, 1.807) is 35.4 Å². The smallest absolute Gasteiger partial charge is 0.260 e. The number of nitrogens with zero attached hydrogens (tertiary/aromatic N) is 2. The topological polar surface area (TPSA) is 55.6 Å². The van der Waals surface area contributed by atoms with Gasteiger partial charge in [0.15, 0.2) is 5.13 Å². The molecule has 164 valence electrons. The van der Waals surface area contributed by atoms with Gasteiger partial charge in [0, 0.05) is 5.56 Å². The number of carbonyl (C=O) groups is 1. The van der Waals surface area contributed by atoms with E-state index in [1.165, 1.54) is 11.3 Å². The van der Waals surface area contributed by atoms with Crippen LogP contribution < -0.4 is 9.64 Å². The molecule has 0 unspecified atom stereocenters. The van der Waals surface area contributed by atoms with Crippen molar-refractivity contribution in [3.8, 4) is 11.5 Å². The van der Waals surface area contributed by atoms with Crippen LogP contribution in [0.2, 0.25) is 5.02 Å². The Hall–Kier alpha value is -3.61. The maximum Gasteiger partial charge on any atom is 0.260 e. The van der Waals surface area contributed by atoms with Crippen molar-refractivity contribution in [1.82, 2.24) is 4.98 Å². The number of ether oxygens (including phenoxy) is 1. The van der Waals surface area contributed by atoms with Gasteiger partial charge in [-0.05, 0) is 61.0 Å². The van der Waals surface area contributed by atoms with Crippen molar-refractivity contribution in [2.24, 2.45) is 0 Å². The Morgan fingerprint density at radius 2 is 1.85 bits per heavy atom. The number of halogens is 1. The highest BCUT2D eigenvalue weighted by Gasteiger charge is 2.24. The second-order valence-corrected chi connectivity index (χ2v) is 8.84. The van der Waals surface area contributed by atoms with Crippen molar-refractivity contribution >= 4 is 44.2 Å². The number of carbonyl (C=O) groups excluding carboxylic acids is 1. The molecule has 0 bridgehead atoms. The summed E-state index contributed by atoms with van der Waals surface area (Å²) >= 11 is 7.80. The second-order valence-electron chi connectivity index (χ2n) is 7.45. The van der Waals surface area contributed by atoms with Crippen molar-refractivity contribution in [1.29, 1.82) is 0 Å². The Balaban J connectivity index is 1.52. The van der Waals surface area contributed by atoms with Crippen LogP contribution in [0, 0.1) is 6.92 Å². The van der Waals surface area contributed by atoms with Crippen LogP contribution >= 0.6 is 22.9 Å². The molecule has 0 aliphatic heterocycles. The van der Waals surface area contributed by atoms with E-state index in [-0.39, 0.29) is 12.5 Å². The minimum absolute atomic E-state index is 0.210. The number of rotatable bonds is 6. The third kappa shape index (κ3) is 4.49. The van der Waals surface area contributed by atoms with Crippen molar-refractivity contribution in [3.63, 3.8) is 0 Å². The summed E-state index contributed by atoms with van der Waals surface area (Å²) in [6, 6.07) is 24.0. The van der Waals surface area contributed by atoms with E-state index in [1.807, 2.05) is 61.5 Å². The lowest BCUT2D eigenvalue weighted by molar-refractivity contribution is 0.0983. The molecule has 0 spiro atoms. The molecule has 5 aromatic rings. The average Bonchev–Trinajstić information content (AvgIpc) is 3.51. The van der Waals surface area contributed by atoms with Crippen LogP contribution in [0.4, 0.5) is 5.13 Å². The number of hydrogen-bond donors (Lipinski definition) is 0. The molecule has 0 saturated heterocycles. The van der Waals surface area contributed by atoms with Crippen LogP contribution in [0.3, 0.4) is 0 Å². The van der Waals surface area contributed by atoms with E-state index < -0.39 is 0 Å². The largest absolute Gasteiger partial charge is 0.467 e. The molecule has 5 rings (SSSR count). The van der Waals surface area contributed by atoms with Crippen LogP contribution in [-0.2, 0) is 6.54 Å². The molecule has 5 nitrogen and oxygen atoms in total. The summed E-state index contributed by atoms with van der Waals surface area (Å²) < 4.78 is 12.3. The van der Waals surface area contributed by atoms with Gasteiger partial charge in [0.05, 0.1) is 28.0 Å². The first kappa shape index (κ1) is 21.2. The fourth-order valence-corrected chi connectivity index (χ4v) is 4.78. The van der Waals surface area contributed by atoms with Gasteiger partial charge in [0.1, 0.15) is 17.3 Å². The molecule has 0 N–H and O–H groups in total. The van der Waals surface area contributed by atoms with Crippen LogP contribution in [0.5, 0.6) is 11.5 Å². The highest BCUT2D eigenvalue weighted by Crippen LogP contribution is 2.37. The number of para-hydroxylation sites is 1. The molecule has 7 heteroatoms. The molecule has 3 aromatic carbocycles. The van der Waals surface area contributed by atoms with Crippen molar-refractivity contribution in [2.75, 3.05) is 4.90 Å². The lowest BCUT2D eigenvalue weighted by atomic mass is 10.2. The Kier molecular flexibility index (Phi) is 5.86. The van der Waals surface area contributed by atoms with Crippen molar-refractivity contribution in [3.05, 3.63) is 107 Å². The summed E-state index contributed by atoms with van der Waals surface area (Å²) in [4.78, 5) is 20.1. The first-order chi connectivity index (χ1) is 16.1. The highest BCUT2D eigenvalue weighted by molar-refractivity contribution is 7.23. The number of fused-ring (bicyclic) bond motifs is 1. The Labute approximate surface area is 199 Å². The number of thiazole rings is 1. The fraction of sp³-hybridized carbons (Fsp3) is 0.0769. The van der Waals surface area contributed by atoms with Gasteiger partial charge in [0.25, 0.3) is 5.91 Å². The maximum absolute atomic E-state index is 13.7. The SMILES string of the molecule is Cc1ccc(Cl)c2sc(N(Cc3ccco3)C(=O)c3cccc(Oc4ccccc4)c3)nc12. The number of anilines is 1. The van der Waals surface area contributed by atoms with Crippen molar-refractivity contribution in [2.45, 2.75) is 13.5 Å². The van der Waals surface area contributed by atoms with E-state index in [0.717, 1.165) is 15.8 Å². The first-order valence-electron chi connectivity index (χ1n) is 10.3. The van der Waals surface area contributed by atoms with Gasteiger partial charge in [-0.1, -0.05) is 53.3 Å². The predicted octanol–water partition coefficient (Wildman–Crippen LogP) is 7.49. The lowest BCUT2D eigenvalue weighted by Gasteiger charge is -2.19. The van der Waals surface area contributed by atoms with E-state index in [4.69, 9.17) is 25.7 Å². The summed E-state index contributed by atoms with van der Waals surface area (Å²) in [5.74, 6) is 1.72. The fourth-order valence-electron chi connectivity index (χ4n) is 3.46. The summed E-state index contributed by atoms with van der Waals surface area (Å²) in [6.07, 6.45) is 1.59. The summed E-state index contributed by atoms with van der Waals surface area (Å²) in [5.41, 5.74) is 2.28. The molecule has 1 amide bonds. The van der Waals surface area contributed by atoms with Crippen LogP contribution in [0.1, 0.15) is 21.7 Å². The minimum atomic E-state index is -0.210. The molecule has 0 aliphatic carbocycles. The van der Waals surface area contributed by atoms with E-state index in [9.17, 15) is 4.79 Å². The minimum Gasteiger partial charge on any atom is -0.467 e. The zero-order valence-electron chi connectivity index (χ0n) is 17.7. The molecule has 0 saturated carbocycles. The van der Waals surface area contributed by atoms with Crippen molar-refractivity contribution < 1.29 is 13.9 Å². The van der Waals surface area contributed by atoms with Gasteiger partial charge in [-0.2, -0.15) is 0 Å². The van der Waals surface area contributed by atoms with Gasteiger partial charge in [-0.25, -0.2) is 4.98 Å². The van der Waals surface area contributed by atoms with E-state index in [2.05, 4.69) is 0 Å². The third-order valence-electron chi connectivity index (χ3n) is 5.12. The second kappa shape index (κ2) is 9.10. The summed E-state index contributed by atoms with van der Waals surface area (Å²) in [6.45, 7) is 2.22. The molecule has 2 heterocycles. The molecular formula is C26H19ClN2O3S. The Bertz CT molecular complexity index is 1380. The van der Waals surface area contributed by atoms with Crippen LogP contribution in [0.15, 0.2) is 89.5 Å². The molecule has 0 fully saturated rings. The van der Waals surface area contributed by atoms with Crippen LogP contribution in [0.25, 0.3) is 10.2 Å². The highest BCUT2D eigenvalue weighted by atomic mass is 35.5.